The van der Waals surface area contributed by atoms with Crippen molar-refractivity contribution in [3.8, 4) is 6.07 Å². The summed E-state index contributed by atoms with van der Waals surface area (Å²) in [6.07, 6.45) is 6.44. The van der Waals surface area contributed by atoms with Crippen LogP contribution in [0.2, 0.25) is 0 Å². The first-order valence-electron chi connectivity index (χ1n) is 3.68. The highest BCUT2D eigenvalue weighted by Crippen LogP contribution is 1.88. The number of nitrogens with zero attached hydrogens (tertiary/aromatic N) is 1. The molecule has 3 nitrogen and oxygen atoms in total. The van der Waals surface area contributed by atoms with Crippen molar-refractivity contribution < 1.29 is 9.53 Å². The zero-order valence-electron chi connectivity index (χ0n) is 6.99. The molecular weight excluding hydrogens is 154 g/mol. The molecule has 0 fully saturated rings. The number of carbonyl (C=O) groups is 1. The van der Waals surface area contributed by atoms with Crippen LogP contribution in [-0.4, -0.2) is 12.6 Å². The summed E-state index contributed by atoms with van der Waals surface area (Å²) >= 11 is 0. The molecule has 0 radical (unpaired) electrons. The second kappa shape index (κ2) is 7.55. The molecular formula is C9H11NO2. The molecule has 0 atom stereocenters. The molecule has 64 valence electrons. The molecule has 0 saturated heterocycles. The summed E-state index contributed by atoms with van der Waals surface area (Å²) in [5.41, 5.74) is 0. The van der Waals surface area contributed by atoms with E-state index in [2.05, 4.69) is 4.74 Å². The molecule has 0 aromatic carbocycles. The van der Waals surface area contributed by atoms with Gasteiger partial charge in [-0.3, -0.25) is 4.79 Å². The number of nitriles is 1. The lowest BCUT2D eigenvalue weighted by atomic mass is 10.3. The van der Waals surface area contributed by atoms with Crippen molar-refractivity contribution in [2.45, 2.75) is 13.3 Å². The van der Waals surface area contributed by atoms with Gasteiger partial charge in [-0.2, -0.15) is 5.26 Å². The molecule has 0 unspecified atom stereocenters. The summed E-state index contributed by atoms with van der Waals surface area (Å²) in [6, 6.07) is 1.83. The summed E-state index contributed by atoms with van der Waals surface area (Å²) < 4.78 is 4.67. The molecule has 0 saturated carbocycles. The van der Waals surface area contributed by atoms with Crippen molar-refractivity contribution in [1.29, 1.82) is 5.26 Å². The van der Waals surface area contributed by atoms with Gasteiger partial charge in [0.25, 0.3) is 0 Å². The SMILES string of the molecule is CCOC(=O)C/C=C/C=C/C#N. The number of carbonyl (C=O) groups excluding carboxylic acids is 1. The molecule has 0 N–H and O–H groups in total. The molecule has 0 amide bonds. The third-order valence-electron chi connectivity index (χ3n) is 1.01. The molecule has 12 heavy (non-hydrogen) atoms. The van der Waals surface area contributed by atoms with Crippen molar-refractivity contribution in [3.63, 3.8) is 0 Å². The van der Waals surface area contributed by atoms with Gasteiger partial charge in [0.05, 0.1) is 19.1 Å². The minimum atomic E-state index is -0.251. The second-order valence-corrected chi connectivity index (χ2v) is 1.93. The molecule has 0 aromatic heterocycles. The normalized spacial score (nSPS) is 10.3. The summed E-state index contributed by atoms with van der Waals surface area (Å²) in [5.74, 6) is -0.251. The van der Waals surface area contributed by atoms with E-state index in [1.54, 1.807) is 25.2 Å². The average Bonchev–Trinajstić information content (AvgIpc) is 2.05. The number of hydrogen-bond acceptors (Lipinski definition) is 3. The van der Waals surface area contributed by atoms with E-state index in [9.17, 15) is 4.79 Å². The summed E-state index contributed by atoms with van der Waals surface area (Å²) in [6.45, 7) is 2.16. The molecule has 0 aliphatic rings. The Balaban J connectivity index is 3.54. The van der Waals surface area contributed by atoms with E-state index in [1.165, 1.54) is 6.08 Å². The Hall–Kier alpha value is -1.56. The first-order valence-corrected chi connectivity index (χ1v) is 3.68. The zero-order valence-corrected chi connectivity index (χ0v) is 6.99. The Labute approximate surface area is 71.9 Å². The standard InChI is InChI=1S/C9H11NO2/c1-2-12-9(11)7-5-3-4-6-8-10/h3-6H,2,7H2,1H3/b5-3+,6-4+. The van der Waals surface area contributed by atoms with Crippen molar-refractivity contribution >= 4 is 5.97 Å². The van der Waals surface area contributed by atoms with Crippen molar-refractivity contribution in [3.05, 3.63) is 24.3 Å². The highest BCUT2D eigenvalue weighted by Gasteiger charge is 1.94. The first kappa shape index (κ1) is 10.4. The Kier molecular flexibility index (Phi) is 6.56. The molecule has 0 heterocycles. The van der Waals surface area contributed by atoms with Crippen LogP contribution in [0.3, 0.4) is 0 Å². The summed E-state index contributed by atoms with van der Waals surface area (Å²) in [4.78, 5) is 10.7. The van der Waals surface area contributed by atoms with Gasteiger partial charge in [-0.15, -0.1) is 0 Å². The number of allylic oxidation sites excluding steroid dienone is 3. The lowest BCUT2D eigenvalue weighted by molar-refractivity contribution is -0.142. The lowest BCUT2D eigenvalue weighted by Crippen LogP contribution is -2.01. The number of rotatable bonds is 4. The smallest absolute Gasteiger partial charge is 0.309 e. The van der Waals surface area contributed by atoms with Gasteiger partial charge >= 0.3 is 5.97 Å². The van der Waals surface area contributed by atoms with E-state index < -0.39 is 0 Å². The van der Waals surface area contributed by atoms with E-state index in [4.69, 9.17) is 5.26 Å². The molecule has 3 heteroatoms. The highest BCUT2D eigenvalue weighted by atomic mass is 16.5. The predicted octanol–water partition coefficient (Wildman–Crippen LogP) is 1.58. The van der Waals surface area contributed by atoms with Gasteiger partial charge in [-0.05, 0) is 6.92 Å². The van der Waals surface area contributed by atoms with Crippen LogP contribution in [0.1, 0.15) is 13.3 Å². The minimum absolute atomic E-state index is 0.251. The molecule has 0 rings (SSSR count). The van der Waals surface area contributed by atoms with Crippen LogP contribution in [0.25, 0.3) is 0 Å². The fourth-order valence-electron chi connectivity index (χ4n) is 0.561. The molecule has 0 aliphatic carbocycles. The van der Waals surface area contributed by atoms with E-state index in [-0.39, 0.29) is 12.4 Å². The Morgan fingerprint density at radius 2 is 2.33 bits per heavy atom. The minimum Gasteiger partial charge on any atom is -0.466 e. The maximum atomic E-state index is 10.7. The fourth-order valence-corrected chi connectivity index (χ4v) is 0.561. The zero-order chi connectivity index (χ0) is 9.23. The Bertz CT molecular complexity index is 223. The summed E-state index contributed by atoms with van der Waals surface area (Å²) in [7, 11) is 0. The van der Waals surface area contributed by atoms with Gasteiger partial charge in [0.1, 0.15) is 0 Å². The maximum Gasteiger partial charge on any atom is 0.309 e. The van der Waals surface area contributed by atoms with Gasteiger partial charge in [-0.25, -0.2) is 0 Å². The van der Waals surface area contributed by atoms with Gasteiger partial charge in [0, 0.05) is 6.08 Å². The monoisotopic (exact) mass is 165 g/mol. The first-order chi connectivity index (χ1) is 5.81. The number of esters is 1. The Morgan fingerprint density at radius 3 is 2.92 bits per heavy atom. The van der Waals surface area contributed by atoms with Crippen LogP contribution in [-0.2, 0) is 9.53 Å². The van der Waals surface area contributed by atoms with E-state index in [1.807, 2.05) is 6.07 Å². The summed E-state index contributed by atoms with van der Waals surface area (Å²) in [5, 5.41) is 8.10. The van der Waals surface area contributed by atoms with Crippen LogP contribution in [0.15, 0.2) is 24.3 Å². The van der Waals surface area contributed by atoms with Gasteiger partial charge in [0.15, 0.2) is 0 Å². The second-order valence-electron chi connectivity index (χ2n) is 1.93. The Morgan fingerprint density at radius 1 is 1.58 bits per heavy atom. The lowest BCUT2D eigenvalue weighted by Gasteiger charge is -1.95. The van der Waals surface area contributed by atoms with Crippen LogP contribution in [0.5, 0.6) is 0 Å². The number of hydrogen-bond donors (Lipinski definition) is 0. The molecule has 0 aromatic rings. The number of ether oxygens (including phenoxy) is 1. The van der Waals surface area contributed by atoms with Crippen LogP contribution in [0, 0.1) is 11.3 Å². The highest BCUT2D eigenvalue weighted by molar-refractivity contribution is 5.71. The maximum absolute atomic E-state index is 10.7. The van der Waals surface area contributed by atoms with Crippen molar-refractivity contribution in [2.24, 2.45) is 0 Å². The molecule has 0 spiro atoms. The van der Waals surface area contributed by atoms with Gasteiger partial charge < -0.3 is 4.74 Å². The van der Waals surface area contributed by atoms with Crippen molar-refractivity contribution in [1.82, 2.24) is 0 Å². The largest absolute Gasteiger partial charge is 0.466 e. The molecule has 0 aliphatic heterocycles. The van der Waals surface area contributed by atoms with Gasteiger partial charge in [-0.1, -0.05) is 18.2 Å². The quantitative estimate of drug-likeness (QED) is 0.361. The molecule has 0 bridgehead atoms. The van der Waals surface area contributed by atoms with Crippen LogP contribution >= 0.6 is 0 Å². The van der Waals surface area contributed by atoms with E-state index in [0.29, 0.717) is 6.61 Å². The average molecular weight is 165 g/mol. The third-order valence-corrected chi connectivity index (χ3v) is 1.01. The fraction of sp³-hybridized carbons (Fsp3) is 0.333. The topological polar surface area (TPSA) is 50.1 Å². The third kappa shape index (κ3) is 6.56. The van der Waals surface area contributed by atoms with Crippen LogP contribution in [0.4, 0.5) is 0 Å². The van der Waals surface area contributed by atoms with Crippen molar-refractivity contribution in [2.75, 3.05) is 6.61 Å². The van der Waals surface area contributed by atoms with E-state index >= 15 is 0 Å². The van der Waals surface area contributed by atoms with E-state index in [0.717, 1.165) is 0 Å². The predicted molar refractivity (Wildman–Crippen MR) is 45.1 cm³/mol. The van der Waals surface area contributed by atoms with Crippen LogP contribution < -0.4 is 0 Å². The van der Waals surface area contributed by atoms with Gasteiger partial charge in [0.2, 0.25) is 0 Å².